The molecular formula is C32H46FN3O5SSi. The van der Waals surface area contributed by atoms with Gasteiger partial charge in [-0.15, -0.1) is 0 Å². The van der Waals surface area contributed by atoms with Gasteiger partial charge in [-0.05, 0) is 91.4 Å². The summed E-state index contributed by atoms with van der Waals surface area (Å²) >= 11 is 0. The van der Waals surface area contributed by atoms with Crippen molar-refractivity contribution < 1.29 is 26.8 Å². The quantitative estimate of drug-likeness (QED) is 0.313. The summed E-state index contributed by atoms with van der Waals surface area (Å²) in [6.07, 6.45) is 6.54. The van der Waals surface area contributed by atoms with E-state index in [9.17, 15) is 13.2 Å². The van der Waals surface area contributed by atoms with Crippen LogP contribution in [0.15, 0.2) is 36.4 Å². The van der Waals surface area contributed by atoms with Gasteiger partial charge in [0.05, 0.1) is 0 Å². The van der Waals surface area contributed by atoms with Crippen molar-refractivity contribution in [3.63, 3.8) is 0 Å². The molecule has 1 atom stereocenters. The summed E-state index contributed by atoms with van der Waals surface area (Å²) in [6.45, 7) is 12.7. The van der Waals surface area contributed by atoms with Crippen molar-refractivity contribution in [1.29, 1.82) is 0 Å². The van der Waals surface area contributed by atoms with Gasteiger partial charge in [0.2, 0.25) is 0 Å². The molecular weight excluding hydrogens is 586 g/mol. The van der Waals surface area contributed by atoms with Crippen molar-refractivity contribution in [1.82, 2.24) is 10.0 Å². The molecule has 1 saturated heterocycles. The minimum Gasteiger partial charge on any atom is -0.487 e. The Morgan fingerprint density at radius 3 is 2.51 bits per heavy atom. The summed E-state index contributed by atoms with van der Waals surface area (Å²) in [5.41, 5.74) is 2.18. The third kappa shape index (κ3) is 6.94. The Kier molecular flexibility index (Phi) is 9.01. The third-order valence-corrected chi connectivity index (χ3v) is 15.8. The molecule has 1 amide bonds. The lowest BCUT2D eigenvalue weighted by atomic mass is 9.67. The molecule has 0 bridgehead atoms. The molecule has 0 unspecified atom stereocenters. The van der Waals surface area contributed by atoms with Gasteiger partial charge in [-0.3, -0.25) is 4.79 Å². The summed E-state index contributed by atoms with van der Waals surface area (Å²) in [4.78, 5) is 12.1. The monoisotopic (exact) mass is 631 g/mol. The second-order valence-corrected chi connectivity index (χ2v) is 20.4. The average molecular weight is 632 g/mol. The summed E-state index contributed by atoms with van der Waals surface area (Å²) in [7, 11) is -6.04. The first kappa shape index (κ1) is 31.9. The Labute approximate surface area is 257 Å². The van der Waals surface area contributed by atoms with Crippen LogP contribution in [0.25, 0.3) is 0 Å². The number of anilines is 1. The second-order valence-electron chi connectivity index (χ2n) is 14.0. The fraction of sp³-hybridized carbons (Fsp3) is 0.594. The standard InChI is InChI=1S/C32H46FN3O5SSi/c1-31(2,3)43(4,5)41-22-32(14-9-15-32)16-17-34-25-13-12-24-18-27(40-21-23-10-7-6-8-11-23)30(29(33)26(24)19-25)36-20-28(37)35-42(36,38)39/h6-8,10-11,18,25,34H,9,12-17,19-22H2,1-5H3,(H,35,37)/t25-/m1/s1. The molecule has 11 heteroatoms. The minimum atomic E-state index is -4.22. The van der Waals surface area contributed by atoms with Gasteiger partial charge in [-0.25, -0.2) is 13.4 Å². The van der Waals surface area contributed by atoms with Crippen molar-refractivity contribution in [2.45, 2.75) is 96.5 Å². The lowest BCUT2D eigenvalue weighted by Crippen LogP contribution is -2.47. The van der Waals surface area contributed by atoms with Crippen molar-refractivity contribution >= 4 is 30.1 Å². The van der Waals surface area contributed by atoms with E-state index in [-0.39, 0.29) is 34.5 Å². The summed E-state index contributed by atoms with van der Waals surface area (Å²) < 4.78 is 57.3. The van der Waals surface area contributed by atoms with Gasteiger partial charge in [-0.2, -0.15) is 8.42 Å². The first-order chi connectivity index (χ1) is 20.2. The first-order valence-electron chi connectivity index (χ1n) is 15.4. The number of halogens is 1. The molecule has 236 valence electrons. The van der Waals surface area contributed by atoms with Crippen molar-refractivity contribution in [2.24, 2.45) is 5.41 Å². The van der Waals surface area contributed by atoms with E-state index in [0.29, 0.717) is 18.4 Å². The second kappa shape index (κ2) is 12.1. The van der Waals surface area contributed by atoms with Crippen LogP contribution in [0.4, 0.5) is 10.1 Å². The zero-order valence-corrected chi connectivity index (χ0v) is 27.9. The van der Waals surface area contributed by atoms with E-state index < -0.39 is 36.8 Å². The number of amides is 1. The van der Waals surface area contributed by atoms with Gasteiger partial charge < -0.3 is 14.5 Å². The van der Waals surface area contributed by atoms with Crippen LogP contribution in [0.5, 0.6) is 5.75 Å². The smallest absolute Gasteiger partial charge is 0.326 e. The third-order valence-electron chi connectivity index (χ3n) is 9.97. The molecule has 2 fully saturated rings. The number of nitrogens with one attached hydrogen (secondary N) is 2. The van der Waals surface area contributed by atoms with E-state index in [1.807, 2.05) is 35.1 Å². The molecule has 1 aliphatic heterocycles. The highest BCUT2D eigenvalue weighted by atomic mass is 32.2. The normalized spacial score (nSPS) is 21.2. The SMILES string of the molecule is CC(C)(C)[Si](C)(C)OCC1(CCN[C@@H]2CCc3cc(OCc4ccccc4)c(N4CC(=O)NS4(=O)=O)c(F)c3C2)CCC1. The highest BCUT2D eigenvalue weighted by molar-refractivity contribution is 7.92. The lowest BCUT2D eigenvalue weighted by Gasteiger charge is -2.46. The van der Waals surface area contributed by atoms with Crippen LogP contribution in [0.2, 0.25) is 18.1 Å². The molecule has 0 radical (unpaired) electrons. The molecule has 2 aromatic carbocycles. The molecule has 1 heterocycles. The predicted octanol–water partition coefficient (Wildman–Crippen LogP) is 5.61. The maximum absolute atomic E-state index is 16.4. The van der Waals surface area contributed by atoms with Gasteiger partial charge in [0, 0.05) is 12.6 Å². The van der Waals surface area contributed by atoms with Crippen LogP contribution in [0.1, 0.15) is 69.6 Å². The van der Waals surface area contributed by atoms with Crippen LogP contribution < -0.4 is 19.1 Å². The van der Waals surface area contributed by atoms with Crippen molar-refractivity contribution in [2.75, 3.05) is 24.0 Å². The number of benzene rings is 2. The number of hydrogen-bond donors (Lipinski definition) is 2. The molecule has 5 rings (SSSR count). The van der Waals surface area contributed by atoms with Crippen molar-refractivity contribution in [3.05, 3.63) is 58.9 Å². The lowest BCUT2D eigenvalue weighted by molar-refractivity contribution is -0.117. The molecule has 43 heavy (non-hydrogen) atoms. The van der Waals surface area contributed by atoms with E-state index in [1.165, 1.54) is 19.3 Å². The van der Waals surface area contributed by atoms with E-state index >= 15 is 4.39 Å². The fourth-order valence-corrected chi connectivity index (χ4v) is 8.22. The Morgan fingerprint density at radius 1 is 1.19 bits per heavy atom. The van der Waals surface area contributed by atoms with Gasteiger partial charge in [0.15, 0.2) is 14.1 Å². The van der Waals surface area contributed by atoms with E-state index in [0.717, 1.165) is 41.4 Å². The van der Waals surface area contributed by atoms with E-state index in [1.54, 1.807) is 6.07 Å². The Balaban J connectivity index is 1.30. The molecule has 3 aliphatic rings. The first-order valence-corrected chi connectivity index (χ1v) is 19.8. The molecule has 1 saturated carbocycles. The Bertz CT molecular complexity index is 1440. The zero-order chi connectivity index (χ0) is 31.0. The largest absolute Gasteiger partial charge is 0.487 e. The number of rotatable bonds is 11. The van der Waals surface area contributed by atoms with Crippen LogP contribution in [0, 0.1) is 11.2 Å². The van der Waals surface area contributed by atoms with Crippen LogP contribution >= 0.6 is 0 Å². The maximum Gasteiger partial charge on any atom is 0.326 e. The molecule has 2 aliphatic carbocycles. The van der Waals surface area contributed by atoms with Gasteiger partial charge in [0.1, 0.15) is 24.6 Å². The number of nitrogens with zero attached hydrogens (tertiary/aromatic N) is 1. The van der Waals surface area contributed by atoms with Gasteiger partial charge in [0.25, 0.3) is 5.91 Å². The molecule has 2 aromatic rings. The topological polar surface area (TPSA) is 97.0 Å². The molecule has 8 nitrogen and oxygen atoms in total. The zero-order valence-electron chi connectivity index (χ0n) is 26.1. The highest BCUT2D eigenvalue weighted by Gasteiger charge is 2.43. The summed E-state index contributed by atoms with van der Waals surface area (Å²) in [5, 5.41) is 3.85. The highest BCUT2D eigenvalue weighted by Crippen LogP contribution is 2.46. The summed E-state index contributed by atoms with van der Waals surface area (Å²) in [5.74, 6) is -1.21. The number of carbonyl (C=O) groups excluding carboxylic acids is 1. The van der Waals surface area contributed by atoms with Crippen molar-refractivity contribution in [3.8, 4) is 5.75 Å². The van der Waals surface area contributed by atoms with Crippen LogP contribution in [-0.4, -0.2) is 48.4 Å². The number of hydrogen-bond acceptors (Lipinski definition) is 6. The molecule has 0 spiro atoms. The number of ether oxygens (including phenoxy) is 1. The number of fused-ring (bicyclic) bond motifs is 1. The van der Waals surface area contributed by atoms with E-state index in [2.05, 4.69) is 39.2 Å². The van der Waals surface area contributed by atoms with Gasteiger partial charge in [-0.1, -0.05) is 57.5 Å². The van der Waals surface area contributed by atoms with Gasteiger partial charge >= 0.3 is 10.2 Å². The fourth-order valence-electron chi connectivity index (χ4n) is 5.96. The van der Waals surface area contributed by atoms with E-state index in [4.69, 9.17) is 9.16 Å². The summed E-state index contributed by atoms with van der Waals surface area (Å²) in [6, 6.07) is 11.2. The predicted molar refractivity (Wildman–Crippen MR) is 169 cm³/mol. The minimum absolute atomic E-state index is 0.0688. The van der Waals surface area contributed by atoms with Crippen LogP contribution in [0.3, 0.4) is 0 Å². The Morgan fingerprint density at radius 2 is 1.91 bits per heavy atom. The number of aryl methyl sites for hydroxylation is 1. The van der Waals surface area contributed by atoms with Crippen LogP contribution in [-0.2, 0) is 38.9 Å². The molecule has 2 N–H and O–H groups in total. The average Bonchev–Trinajstić information content (AvgIpc) is 3.19. The molecule has 0 aromatic heterocycles. The maximum atomic E-state index is 16.4. The number of carbonyl (C=O) groups is 1. The Hall–Kier alpha value is -2.47.